The van der Waals surface area contributed by atoms with Gasteiger partial charge in [0.2, 0.25) is 11.9 Å². The van der Waals surface area contributed by atoms with Crippen LogP contribution in [-0.2, 0) is 4.74 Å². The second-order valence-electron chi connectivity index (χ2n) is 4.85. The molecule has 0 aliphatic heterocycles. The van der Waals surface area contributed by atoms with Crippen molar-refractivity contribution in [3.05, 3.63) is 0 Å². The number of hydrogen-bond acceptors (Lipinski definition) is 9. The minimum atomic E-state index is -0.941. The summed E-state index contributed by atoms with van der Waals surface area (Å²) in [6.07, 6.45) is 1.33. The van der Waals surface area contributed by atoms with Crippen molar-refractivity contribution in [3.8, 4) is 6.01 Å². The van der Waals surface area contributed by atoms with E-state index in [1.165, 1.54) is 0 Å². The predicted molar refractivity (Wildman–Crippen MR) is 79.0 cm³/mol. The highest BCUT2D eigenvalue weighted by atomic mass is 16.5. The molecule has 0 aromatic carbocycles. The number of anilines is 2. The maximum Gasteiger partial charge on any atom is 0.323 e. The summed E-state index contributed by atoms with van der Waals surface area (Å²) in [6.45, 7) is 4.91. The Bertz CT molecular complexity index is 429. The Morgan fingerprint density at radius 1 is 1.24 bits per heavy atom. The summed E-state index contributed by atoms with van der Waals surface area (Å²) >= 11 is 0. The number of hydrogen-bond donors (Lipinski definition) is 4. The third-order valence-corrected chi connectivity index (χ3v) is 2.65. The van der Waals surface area contributed by atoms with Crippen LogP contribution in [0.3, 0.4) is 0 Å². The first-order valence-corrected chi connectivity index (χ1v) is 6.81. The van der Waals surface area contributed by atoms with Gasteiger partial charge in [-0.25, -0.2) is 5.84 Å². The summed E-state index contributed by atoms with van der Waals surface area (Å²) in [5, 5.41) is 13.1. The van der Waals surface area contributed by atoms with Gasteiger partial charge in [0.15, 0.2) is 0 Å². The molecule has 1 rings (SSSR count). The number of nitrogens with two attached hydrogens (primary N) is 1. The van der Waals surface area contributed by atoms with Crippen LogP contribution in [0.15, 0.2) is 0 Å². The van der Waals surface area contributed by atoms with Gasteiger partial charge in [-0.1, -0.05) is 6.92 Å². The van der Waals surface area contributed by atoms with Gasteiger partial charge < -0.3 is 19.9 Å². The molecule has 0 aliphatic carbocycles. The maximum atomic E-state index is 10.2. The van der Waals surface area contributed by atoms with E-state index in [1.54, 1.807) is 14.0 Å². The van der Waals surface area contributed by atoms with Crippen molar-refractivity contribution < 1.29 is 14.6 Å². The first kappa shape index (κ1) is 17.3. The van der Waals surface area contributed by atoms with E-state index in [9.17, 15) is 5.11 Å². The summed E-state index contributed by atoms with van der Waals surface area (Å²) in [7, 11) is 1.59. The van der Waals surface area contributed by atoms with Gasteiger partial charge in [0, 0.05) is 26.7 Å². The fourth-order valence-corrected chi connectivity index (χ4v) is 1.44. The van der Waals surface area contributed by atoms with Crippen LogP contribution >= 0.6 is 0 Å². The molecule has 0 spiro atoms. The van der Waals surface area contributed by atoms with Crippen molar-refractivity contribution in [2.75, 3.05) is 37.6 Å². The van der Waals surface area contributed by atoms with Crippen LogP contribution in [0, 0.1) is 0 Å². The number of methoxy groups -OCH3 is 1. The van der Waals surface area contributed by atoms with Crippen molar-refractivity contribution in [3.63, 3.8) is 0 Å². The highest BCUT2D eigenvalue weighted by Gasteiger charge is 2.20. The van der Waals surface area contributed by atoms with E-state index in [1.807, 2.05) is 6.92 Å². The monoisotopic (exact) mass is 300 g/mol. The Balaban J connectivity index is 2.68. The predicted octanol–water partition coefficient (Wildman–Crippen LogP) is 0.145. The molecule has 1 aromatic rings. The zero-order valence-corrected chi connectivity index (χ0v) is 12.7. The number of nitrogens with zero attached hydrogens (tertiary/aromatic N) is 3. The third-order valence-electron chi connectivity index (χ3n) is 2.65. The number of rotatable bonds is 10. The number of nitrogens with one attached hydrogen (secondary N) is 2. The van der Waals surface area contributed by atoms with Crippen LogP contribution in [0.5, 0.6) is 6.01 Å². The van der Waals surface area contributed by atoms with Crippen LogP contribution in [-0.4, -0.2) is 52.5 Å². The minimum Gasteiger partial charge on any atom is -0.463 e. The average molecular weight is 300 g/mol. The third kappa shape index (κ3) is 6.52. The highest BCUT2D eigenvalue weighted by Crippen LogP contribution is 2.14. The van der Waals surface area contributed by atoms with Crippen molar-refractivity contribution >= 4 is 11.9 Å². The summed E-state index contributed by atoms with van der Waals surface area (Å²) in [5.41, 5.74) is 1.41. The highest BCUT2D eigenvalue weighted by molar-refractivity contribution is 5.35. The zero-order valence-electron chi connectivity index (χ0n) is 12.7. The molecule has 0 fully saturated rings. The van der Waals surface area contributed by atoms with Gasteiger partial charge in [-0.2, -0.15) is 15.0 Å². The van der Waals surface area contributed by atoms with Crippen LogP contribution in [0.1, 0.15) is 26.7 Å². The Morgan fingerprint density at radius 3 is 2.57 bits per heavy atom. The molecule has 21 heavy (non-hydrogen) atoms. The lowest BCUT2D eigenvalue weighted by Gasteiger charge is -2.23. The molecular formula is C12H24N6O3. The lowest BCUT2D eigenvalue weighted by Crippen LogP contribution is -2.35. The summed E-state index contributed by atoms with van der Waals surface area (Å²) in [4.78, 5) is 12.1. The maximum absolute atomic E-state index is 10.2. The molecular weight excluding hydrogens is 276 g/mol. The molecule has 0 saturated carbocycles. The zero-order chi connectivity index (χ0) is 15.7. The van der Waals surface area contributed by atoms with Gasteiger partial charge in [-0.05, 0) is 13.3 Å². The quantitative estimate of drug-likeness (QED) is 0.352. The summed E-state index contributed by atoms with van der Waals surface area (Å²) < 4.78 is 10.3. The molecule has 9 heteroatoms. The van der Waals surface area contributed by atoms with Gasteiger partial charge in [0.05, 0.1) is 12.2 Å². The lowest BCUT2D eigenvalue weighted by atomic mass is 10.0. The number of ether oxygens (including phenoxy) is 2. The van der Waals surface area contributed by atoms with E-state index in [2.05, 4.69) is 25.7 Å². The number of aliphatic hydroxyl groups is 1. The molecule has 0 radical (unpaired) electrons. The molecule has 0 amide bonds. The first-order chi connectivity index (χ1) is 10.0. The van der Waals surface area contributed by atoms with Crippen LogP contribution < -0.4 is 21.3 Å². The molecule has 0 saturated heterocycles. The topological polar surface area (TPSA) is 127 Å². The second kappa shape index (κ2) is 8.55. The van der Waals surface area contributed by atoms with Crippen LogP contribution in [0.4, 0.5) is 11.9 Å². The van der Waals surface area contributed by atoms with Gasteiger partial charge in [-0.15, -0.1) is 0 Å². The Morgan fingerprint density at radius 2 is 1.95 bits per heavy atom. The second-order valence-corrected chi connectivity index (χ2v) is 4.85. The molecule has 1 atom stereocenters. The Labute approximate surface area is 124 Å². The largest absolute Gasteiger partial charge is 0.463 e. The molecule has 0 bridgehead atoms. The van der Waals surface area contributed by atoms with Crippen molar-refractivity contribution in [1.29, 1.82) is 0 Å². The first-order valence-electron chi connectivity index (χ1n) is 6.81. The standard InChI is InChI=1S/C12H24N6O3/c1-4-6-21-11-16-9(15-10(17-11)18-13)14-8-12(2,19)5-7-20-3/h19H,4-8,13H2,1-3H3,(H2,14,15,16,17,18). The van der Waals surface area contributed by atoms with Crippen molar-refractivity contribution in [1.82, 2.24) is 15.0 Å². The molecule has 120 valence electrons. The van der Waals surface area contributed by atoms with E-state index >= 15 is 0 Å². The number of aromatic nitrogens is 3. The van der Waals surface area contributed by atoms with Crippen molar-refractivity contribution in [2.24, 2.45) is 5.84 Å². The van der Waals surface area contributed by atoms with Gasteiger partial charge in [0.25, 0.3) is 0 Å². The molecule has 1 heterocycles. The smallest absolute Gasteiger partial charge is 0.323 e. The molecule has 5 N–H and O–H groups in total. The van der Waals surface area contributed by atoms with E-state index in [4.69, 9.17) is 15.3 Å². The Hall–Kier alpha value is -1.71. The minimum absolute atomic E-state index is 0.179. The summed E-state index contributed by atoms with van der Waals surface area (Å²) in [6, 6.07) is 0.179. The van der Waals surface area contributed by atoms with E-state index in [0.717, 1.165) is 6.42 Å². The number of nitrogen functional groups attached to an aromatic ring is 1. The fraction of sp³-hybridized carbons (Fsp3) is 0.750. The molecule has 1 unspecified atom stereocenters. The van der Waals surface area contributed by atoms with Gasteiger partial charge >= 0.3 is 6.01 Å². The molecule has 9 nitrogen and oxygen atoms in total. The SMILES string of the molecule is CCCOc1nc(NN)nc(NCC(C)(O)CCOC)n1. The normalized spacial score (nSPS) is 13.6. The Kier molecular flexibility index (Phi) is 7.06. The van der Waals surface area contributed by atoms with Crippen molar-refractivity contribution in [2.45, 2.75) is 32.3 Å². The molecule has 1 aromatic heterocycles. The summed E-state index contributed by atoms with van der Waals surface area (Å²) in [5.74, 6) is 5.78. The van der Waals surface area contributed by atoms with E-state index in [0.29, 0.717) is 19.6 Å². The van der Waals surface area contributed by atoms with E-state index < -0.39 is 5.60 Å². The average Bonchev–Trinajstić information content (AvgIpc) is 2.49. The fourth-order valence-electron chi connectivity index (χ4n) is 1.44. The van der Waals surface area contributed by atoms with Crippen LogP contribution in [0.2, 0.25) is 0 Å². The van der Waals surface area contributed by atoms with Crippen LogP contribution in [0.25, 0.3) is 0 Å². The number of hydrazine groups is 1. The van der Waals surface area contributed by atoms with E-state index in [-0.39, 0.29) is 24.5 Å². The molecule has 0 aliphatic rings. The van der Waals surface area contributed by atoms with Gasteiger partial charge in [0.1, 0.15) is 0 Å². The van der Waals surface area contributed by atoms with Gasteiger partial charge in [-0.3, -0.25) is 5.43 Å². The lowest BCUT2D eigenvalue weighted by molar-refractivity contribution is 0.0356.